The largest absolute Gasteiger partial charge is 0.478 e. The summed E-state index contributed by atoms with van der Waals surface area (Å²) in [5.41, 5.74) is 0.462. The normalized spacial score (nSPS) is 11.3. The van der Waals surface area contributed by atoms with Crippen LogP contribution in [0.1, 0.15) is 5.56 Å². The van der Waals surface area contributed by atoms with Crippen molar-refractivity contribution >= 4 is 12.0 Å². The van der Waals surface area contributed by atoms with Crippen molar-refractivity contribution in [3.63, 3.8) is 0 Å². The molecule has 1 aromatic rings. The van der Waals surface area contributed by atoms with Crippen LogP contribution in [-0.4, -0.2) is 11.1 Å². The molecule has 0 aliphatic carbocycles. The van der Waals surface area contributed by atoms with Crippen LogP contribution in [-0.2, 0) is 4.79 Å². The van der Waals surface area contributed by atoms with E-state index in [2.05, 4.69) is 0 Å². The van der Waals surface area contributed by atoms with Gasteiger partial charge in [0.15, 0.2) is 11.6 Å². The SMILES string of the molecule is O=C(O)/C=C/C=C/c1ccc(F)c(F)c1. The monoisotopic (exact) mass is 210 g/mol. The lowest BCUT2D eigenvalue weighted by atomic mass is 10.2. The molecule has 1 rings (SSSR count). The quantitative estimate of drug-likeness (QED) is 0.615. The first kappa shape index (κ1) is 11.1. The van der Waals surface area contributed by atoms with Crippen molar-refractivity contribution < 1.29 is 18.7 Å². The predicted molar refractivity (Wildman–Crippen MR) is 52.2 cm³/mol. The van der Waals surface area contributed by atoms with Gasteiger partial charge in [0.2, 0.25) is 0 Å². The fourth-order valence-electron chi connectivity index (χ4n) is 0.921. The predicted octanol–water partition coefficient (Wildman–Crippen LogP) is 2.62. The van der Waals surface area contributed by atoms with Gasteiger partial charge in [-0.25, -0.2) is 13.6 Å². The zero-order valence-electron chi connectivity index (χ0n) is 7.65. The van der Waals surface area contributed by atoms with E-state index in [9.17, 15) is 13.6 Å². The molecule has 1 N–H and O–H groups in total. The summed E-state index contributed by atoms with van der Waals surface area (Å²) in [4.78, 5) is 10.1. The van der Waals surface area contributed by atoms with Gasteiger partial charge in [0.25, 0.3) is 0 Å². The summed E-state index contributed by atoms with van der Waals surface area (Å²) in [7, 11) is 0. The van der Waals surface area contributed by atoms with E-state index in [4.69, 9.17) is 5.11 Å². The second-order valence-corrected chi connectivity index (χ2v) is 2.73. The maximum absolute atomic E-state index is 12.7. The minimum absolute atomic E-state index is 0.462. The Labute approximate surface area is 85.2 Å². The van der Waals surface area contributed by atoms with E-state index in [0.29, 0.717) is 5.56 Å². The summed E-state index contributed by atoms with van der Waals surface area (Å²) < 4.78 is 25.2. The smallest absolute Gasteiger partial charge is 0.328 e. The Morgan fingerprint density at radius 1 is 1.20 bits per heavy atom. The first-order chi connectivity index (χ1) is 7.09. The fraction of sp³-hybridized carbons (Fsp3) is 0. The van der Waals surface area contributed by atoms with E-state index < -0.39 is 17.6 Å². The fourth-order valence-corrected chi connectivity index (χ4v) is 0.921. The summed E-state index contributed by atoms with van der Waals surface area (Å²) in [6.45, 7) is 0. The molecule has 0 amide bonds. The highest BCUT2D eigenvalue weighted by Crippen LogP contribution is 2.09. The zero-order chi connectivity index (χ0) is 11.3. The highest BCUT2D eigenvalue weighted by Gasteiger charge is 1.99. The first-order valence-corrected chi connectivity index (χ1v) is 4.12. The summed E-state index contributed by atoms with van der Waals surface area (Å²) in [5, 5.41) is 8.26. The average molecular weight is 210 g/mol. The number of hydrogen-bond donors (Lipinski definition) is 1. The Balaban J connectivity index is 2.73. The van der Waals surface area contributed by atoms with Gasteiger partial charge >= 0.3 is 5.97 Å². The van der Waals surface area contributed by atoms with Crippen LogP contribution in [0.3, 0.4) is 0 Å². The van der Waals surface area contributed by atoms with E-state index in [0.717, 1.165) is 18.2 Å². The molecular formula is C11H8F2O2. The molecular weight excluding hydrogens is 202 g/mol. The Morgan fingerprint density at radius 2 is 1.93 bits per heavy atom. The maximum atomic E-state index is 12.7. The van der Waals surface area contributed by atoms with E-state index in [1.54, 1.807) is 0 Å². The van der Waals surface area contributed by atoms with Gasteiger partial charge in [-0.1, -0.05) is 24.3 Å². The molecule has 0 aliphatic heterocycles. The second kappa shape index (κ2) is 5.05. The molecule has 1 aromatic carbocycles. The van der Waals surface area contributed by atoms with Crippen molar-refractivity contribution in [2.24, 2.45) is 0 Å². The van der Waals surface area contributed by atoms with Crippen LogP contribution in [0, 0.1) is 11.6 Å². The lowest BCUT2D eigenvalue weighted by Crippen LogP contribution is -1.84. The lowest BCUT2D eigenvalue weighted by molar-refractivity contribution is -0.131. The number of allylic oxidation sites excluding steroid dienone is 2. The van der Waals surface area contributed by atoms with Crippen LogP contribution < -0.4 is 0 Å². The molecule has 2 nitrogen and oxygen atoms in total. The molecule has 0 fully saturated rings. The summed E-state index contributed by atoms with van der Waals surface area (Å²) in [6.07, 6.45) is 5.14. The highest BCUT2D eigenvalue weighted by molar-refractivity contribution is 5.80. The first-order valence-electron chi connectivity index (χ1n) is 4.12. The molecule has 0 saturated heterocycles. The standard InChI is InChI=1S/C11H8F2O2/c12-9-6-5-8(7-10(9)13)3-1-2-4-11(14)15/h1-7H,(H,14,15)/b3-1+,4-2+. The highest BCUT2D eigenvalue weighted by atomic mass is 19.2. The Hall–Kier alpha value is -1.97. The van der Waals surface area contributed by atoms with Gasteiger partial charge in [-0.15, -0.1) is 0 Å². The topological polar surface area (TPSA) is 37.3 Å². The van der Waals surface area contributed by atoms with Gasteiger partial charge in [-0.05, 0) is 17.7 Å². The molecule has 0 heterocycles. The number of hydrogen-bond acceptors (Lipinski definition) is 1. The number of carboxylic acids is 1. The third-order valence-corrected chi connectivity index (χ3v) is 1.58. The van der Waals surface area contributed by atoms with Crippen LogP contribution in [0.5, 0.6) is 0 Å². The minimum Gasteiger partial charge on any atom is -0.478 e. The molecule has 78 valence electrons. The number of carboxylic acid groups (broad SMARTS) is 1. The minimum atomic E-state index is -1.06. The molecule has 0 aliphatic rings. The van der Waals surface area contributed by atoms with Crippen molar-refractivity contribution in [3.8, 4) is 0 Å². The Bertz CT molecular complexity index is 423. The van der Waals surface area contributed by atoms with E-state index in [1.807, 2.05) is 0 Å². The second-order valence-electron chi connectivity index (χ2n) is 2.73. The lowest BCUT2D eigenvalue weighted by Gasteiger charge is -1.94. The van der Waals surface area contributed by atoms with Crippen molar-refractivity contribution in [2.75, 3.05) is 0 Å². The number of benzene rings is 1. The molecule has 0 saturated carbocycles. The summed E-state index contributed by atoms with van der Waals surface area (Å²) >= 11 is 0. The van der Waals surface area contributed by atoms with E-state index in [-0.39, 0.29) is 0 Å². The Morgan fingerprint density at radius 3 is 2.53 bits per heavy atom. The summed E-state index contributed by atoms with van der Waals surface area (Å²) in [6, 6.07) is 3.43. The van der Waals surface area contributed by atoms with Gasteiger partial charge in [0.05, 0.1) is 0 Å². The van der Waals surface area contributed by atoms with Crippen molar-refractivity contribution in [2.45, 2.75) is 0 Å². The zero-order valence-corrected chi connectivity index (χ0v) is 7.65. The van der Waals surface area contributed by atoms with Gasteiger partial charge in [0.1, 0.15) is 0 Å². The van der Waals surface area contributed by atoms with Crippen LogP contribution in [0.15, 0.2) is 36.4 Å². The molecule has 0 atom stereocenters. The van der Waals surface area contributed by atoms with E-state index in [1.165, 1.54) is 24.3 Å². The van der Waals surface area contributed by atoms with Crippen molar-refractivity contribution in [1.29, 1.82) is 0 Å². The number of halogens is 2. The van der Waals surface area contributed by atoms with Gasteiger partial charge in [0, 0.05) is 6.08 Å². The number of rotatable bonds is 3. The molecule has 0 spiro atoms. The third-order valence-electron chi connectivity index (χ3n) is 1.58. The van der Waals surface area contributed by atoms with Gasteiger partial charge < -0.3 is 5.11 Å². The number of aliphatic carboxylic acids is 1. The molecule has 15 heavy (non-hydrogen) atoms. The average Bonchev–Trinajstić information content (AvgIpc) is 2.18. The maximum Gasteiger partial charge on any atom is 0.328 e. The van der Waals surface area contributed by atoms with Gasteiger partial charge in [-0.3, -0.25) is 0 Å². The Kier molecular flexibility index (Phi) is 3.74. The molecule has 0 unspecified atom stereocenters. The van der Waals surface area contributed by atoms with Gasteiger partial charge in [-0.2, -0.15) is 0 Å². The molecule has 0 bridgehead atoms. The van der Waals surface area contributed by atoms with E-state index >= 15 is 0 Å². The van der Waals surface area contributed by atoms with Crippen molar-refractivity contribution in [1.82, 2.24) is 0 Å². The number of carbonyl (C=O) groups is 1. The molecule has 4 heteroatoms. The third kappa shape index (κ3) is 3.72. The molecule has 0 radical (unpaired) electrons. The van der Waals surface area contributed by atoms with Crippen molar-refractivity contribution in [3.05, 3.63) is 53.6 Å². The van der Waals surface area contributed by atoms with Crippen LogP contribution in [0.25, 0.3) is 6.08 Å². The van der Waals surface area contributed by atoms with Crippen LogP contribution >= 0.6 is 0 Å². The summed E-state index contributed by atoms with van der Waals surface area (Å²) in [5.74, 6) is -2.91. The van der Waals surface area contributed by atoms with Crippen LogP contribution in [0.4, 0.5) is 8.78 Å². The van der Waals surface area contributed by atoms with Crippen LogP contribution in [0.2, 0.25) is 0 Å². The molecule has 0 aromatic heterocycles.